The van der Waals surface area contributed by atoms with Gasteiger partial charge in [0, 0.05) is 23.9 Å². The summed E-state index contributed by atoms with van der Waals surface area (Å²) in [6.45, 7) is 2.27. The summed E-state index contributed by atoms with van der Waals surface area (Å²) in [4.78, 5) is 8.97. The van der Waals surface area contributed by atoms with E-state index in [2.05, 4.69) is 28.5 Å². The van der Waals surface area contributed by atoms with Crippen molar-refractivity contribution < 1.29 is 0 Å². The highest BCUT2D eigenvalue weighted by atomic mass is 14.9. The van der Waals surface area contributed by atoms with Crippen LogP contribution in [0, 0.1) is 5.92 Å². The number of nitrogens with one attached hydrogen (secondary N) is 1. The first-order valence-electron chi connectivity index (χ1n) is 7.05. The summed E-state index contributed by atoms with van der Waals surface area (Å²) in [6.07, 6.45) is 13.2. The molecule has 96 valence electrons. The molecule has 4 rings (SSSR count). The van der Waals surface area contributed by atoms with Crippen LogP contribution in [0.2, 0.25) is 0 Å². The second-order valence-corrected chi connectivity index (χ2v) is 5.48. The summed E-state index contributed by atoms with van der Waals surface area (Å²) in [6, 6.07) is 2.01. The lowest BCUT2D eigenvalue weighted by molar-refractivity contribution is 0.425. The maximum absolute atomic E-state index is 4.75. The Balaban J connectivity index is 1.66. The van der Waals surface area contributed by atoms with Gasteiger partial charge in [0.05, 0.1) is 11.4 Å². The summed E-state index contributed by atoms with van der Waals surface area (Å²) in [7, 11) is 0. The van der Waals surface area contributed by atoms with Gasteiger partial charge in [-0.15, -0.1) is 0 Å². The monoisotopic (exact) mass is 251 g/mol. The number of piperidine rings is 1. The van der Waals surface area contributed by atoms with Crippen LogP contribution < -0.4 is 5.32 Å². The molecule has 0 spiro atoms. The zero-order valence-corrected chi connectivity index (χ0v) is 10.8. The van der Waals surface area contributed by atoms with Crippen LogP contribution in [-0.2, 0) is 0 Å². The predicted molar refractivity (Wildman–Crippen MR) is 76.9 cm³/mol. The molecule has 1 aromatic heterocycles. The van der Waals surface area contributed by atoms with Crippen molar-refractivity contribution in [2.45, 2.75) is 18.8 Å². The van der Waals surface area contributed by atoms with Crippen molar-refractivity contribution in [3.63, 3.8) is 0 Å². The van der Waals surface area contributed by atoms with E-state index in [4.69, 9.17) is 4.99 Å². The Morgan fingerprint density at radius 3 is 3.00 bits per heavy atom. The fourth-order valence-electron chi connectivity index (χ4n) is 3.27. The minimum atomic E-state index is 0.328. The van der Waals surface area contributed by atoms with E-state index in [9.17, 15) is 0 Å². The molecule has 1 aromatic rings. The molecule has 1 atom stereocenters. The van der Waals surface area contributed by atoms with Crippen LogP contribution >= 0.6 is 0 Å². The molecule has 0 radical (unpaired) electrons. The molecule has 2 aliphatic heterocycles. The maximum Gasteiger partial charge on any atom is 0.0706 e. The number of nitrogens with zero attached hydrogens (tertiary/aromatic N) is 2. The van der Waals surface area contributed by atoms with Gasteiger partial charge in [-0.05, 0) is 49.6 Å². The van der Waals surface area contributed by atoms with Gasteiger partial charge in [0.25, 0.3) is 0 Å². The second-order valence-electron chi connectivity index (χ2n) is 5.48. The SMILES string of the molecule is C1=CC2C(=Nc3ccncc32)C=C1C1CCNCC1. The molecule has 3 heterocycles. The Morgan fingerprint density at radius 1 is 1.21 bits per heavy atom. The summed E-state index contributed by atoms with van der Waals surface area (Å²) in [5.41, 5.74) is 4.98. The fraction of sp³-hybridized carbons (Fsp3) is 0.375. The molecule has 1 saturated heterocycles. The minimum Gasteiger partial charge on any atom is -0.317 e. The highest BCUT2D eigenvalue weighted by molar-refractivity contribution is 6.08. The molecule has 1 unspecified atom stereocenters. The Kier molecular flexibility index (Phi) is 2.59. The van der Waals surface area contributed by atoms with Crippen LogP contribution in [0.25, 0.3) is 0 Å². The molecule has 0 bridgehead atoms. The molecule has 0 amide bonds. The van der Waals surface area contributed by atoms with E-state index in [1.54, 1.807) is 0 Å². The first-order valence-corrected chi connectivity index (χ1v) is 7.05. The van der Waals surface area contributed by atoms with E-state index in [0.29, 0.717) is 11.8 Å². The summed E-state index contributed by atoms with van der Waals surface area (Å²) in [5.74, 6) is 1.03. The van der Waals surface area contributed by atoms with Crippen molar-refractivity contribution in [2.75, 3.05) is 13.1 Å². The van der Waals surface area contributed by atoms with Crippen LogP contribution in [0.5, 0.6) is 0 Å². The average molecular weight is 251 g/mol. The topological polar surface area (TPSA) is 37.3 Å². The minimum absolute atomic E-state index is 0.328. The standard InChI is InChI=1S/C16H17N3/c1-2-13-14-10-18-8-5-15(14)19-16(13)9-12(1)11-3-6-17-7-4-11/h1-2,5,8-11,13,17H,3-4,6-7H2. The Morgan fingerprint density at radius 2 is 2.11 bits per heavy atom. The lowest BCUT2D eigenvalue weighted by Gasteiger charge is -2.26. The molecule has 3 aliphatic rings. The quantitative estimate of drug-likeness (QED) is 0.833. The van der Waals surface area contributed by atoms with Gasteiger partial charge in [0.2, 0.25) is 0 Å². The van der Waals surface area contributed by atoms with Crippen LogP contribution in [0.1, 0.15) is 24.3 Å². The van der Waals surface area contributed by atoms with Crippen molar-refractivity contribution in [1.82, 2.24) is 10.3 Å². The lowest BCUT2D eigenvalue weighted by Crippen LogP contribution is -2.29. The zero-order chi connectivity index (χ0) is 12.7. The Labute approximate surface area is 113 Å². The molecule has 0 saturated carbocycles. The van der Waals surface area contributed by atoms with Gasteiger partial charge in [-0.3, -0.25) is 9.98 Å². The van der Waals surface area contributed by atoms with E-state index in [1.807, 2.05) is 18.5 Å². The predicted octanol–water partition coefficient (Wildman–Crippen LogP) is 2.75. The van der Waals surface area contributed by atoms with E-state index >= 15 is 0 Å². The second kappa shape index (κ2) is 4.42. The third-order valence-corrected chi connectivity index (χ3v) is 4.34. The number of aromatic nitrogens is 1. The Hall–Kier alpha value is -1.74. The van der Waals surface area contributed by atoms with E-state index in [1.165, 1.54) is 29.7 Å². The third kappa shape index (κ3) is 1.85. The van der Waals surface area contributed by atoms with Crippen LogP contribution in [0.15, 0.2) is 47.3 Å². The van der Waals surface area contributed by atoms with E-state index < -0.39 is 0 Å². The van der Waals surface area contributed by atoms with Gasteiger partial charge in [-0.25, -0.2) is 0 Å². The van der Waals surface area contributed by atoms with Gasteiger partial charge in [-0.2, -0.15) is 0 Å². The highest BCUT2D eigenvalue weighted by Gasteiger charge is 2.28. The Bertz CT molecular complexity index is 592. The van der Waals surface area contributed by atoms with Gasteiger partial charge in [0.15, 0.2) is 0 Å². The lowest BCUT2D eigenvalue weighted by atomic mass is 9.83. The molecular weight excluding hydrogens is 234 g/mol. The van der Waals surface area contributed by atoms with Crippen molar-refractivity contribution in [2.24, 2.45) is 10.9 Å². The van der Waals surface area contributed by atoms with Crippen LogP contribution in [-0.4, -0.2) is 23.8 Å². The number of hydrogen-bond donors (Lipinski definition) is 1. The van der Waals surface area contributed by atoms with Crippen molar-refractivity contribution in [3.05, 3.63) is 47.8 Å². The molecule has 1 aliphatic carbocycles. The van der Waals surface area contributed by atoms with E-state index in [-0.39, 0.29) is 0 Å². The van der Waals surface area contributed by atoms with Gasteiger partial charge in [-0.1, -0.05) is 12.2 Å². The number of hydrogen-bond acceptors (Lipinski definition) is 3. The molecule has 3 nitrogen and oxygen atoms in total. The molecular formula is C16H17N3. The maximum atomic E-state index is 4.75. The van der Waals surface area contributed by atoms with Gasteiger partial charge < -0.3 is 5.32 Å². The van der Waals surface area contributed by atoms with Crippen LogP contribution in [0.3, 0.4) is 0 Å². The molecule has 3 heteroatoms. The normalized spacial score (nSPS) is 25.6. The molecule has 1 fully saturated rings. The largest absolute Gasteiger partial charge is 0.317 e. The summed E-state index contributed by atoms with van der Waals surface area (Å²) in [5, 5.41) is 3.42. The number of pyridine rings is 1. The van der Waals surface area contributed by atoms with E-state index in [0.717, 1.165) is 18.8 Å². The van der Waals surface area contributed by atoms with Crippen molar-refractivity contribution in [3.8, 4) is 0 Å². The molecule has 1 N–H and O–H groups in total. The summed E-state index contributed by atoms with van der Waals surface area (Å²) < 4.78 is 0. The fourth-order valence-corrected chi connectivity index (χ4v) is 3.27. The number of allylic oxidation sites excluding steroid dienone is 4. The van der Waals surface area contributed by atoms with Crippen molar-refractivity contribution in [1.29, 1.82) is 0 Å². The smallest absolute Gasteiger partial charge is 0.0706 e. The average Bonchev–Trinajstić information content (AvgIpc) is 2.86. The molecule has 0 aromatic carbocycles. The first-order chi connectivity index (χ1) is 9.42. The summed E-state index contributed by atoms with van der Waals surface area (Å²) >= 11 is 0. The van der Waals surface area contributed by atoms with Crippen molar-refractivity contribution >= 4 is 11.4 Å². The van der Waals surface area contributed by atoms with Gasteiger partial charge in [0.1, 0.15) is 0 Å². The van der Waals surface area contributed by atoms with Crippen LogP contribution in [0.4, 0.5) is 5.69 Å². The van der Waals surface area contributed by atoms with Gasteiger partial charge >= 0.3 is 0 Å². The molecule has 19 heavy (non-hydrogen) atoms. The third-order valence-electron chi connectivity index (χ3n) is 4.34. The number of rotatable bonds is 1. The zero-order valence-electron chi connectivity index (χ0n) is 10.8. The first kappa shape index (κ1) is 11.1. The number of fused-ring (bicyclic) bond motifs is 3. The number of aliphatic imine (C=N–C) groups is 1. The highest BCUT2D eigenvalue weighted by Crippen LogP contribution is 2.39.